The zero-order valence-electron chi connectivity index (χ0n) is 13.6. The van der Waals surface area contributed by atoms with Crippen LogP contribution in [0.5, 0.6) is 0 Å². The van der Waals surface area contributed by atoms with E-state index in [4.69, 9.17) is 0 Å². The number of rotatable bonds is 4. The lowest BCUT2D eigenvalue weighted by atomic mass is 10.2. The summed E-state index contributed by atoms with van der Waals surface area (Å²) in [6.07, 6.45) is 3.48. The van der Waals surface area contributed by atoms with E-state index in [1.807, 2.05) is 13.0 Å². The topological polar surface area (TPSA) is 98.5 Å². The molecule has 25 heavy (non-hydrogen) atoms. The summed E-state index contributed by atoms with van der Waals surface area (Å²) in [5.74, 6) is 0.542. The molecule has 4 rings (SSSR count). The summed E-state index contributed by atoms with van der Waals surface area (Å²) < 4.78 is 3.20. The Morgan fingerprint density at radius 3 is 2.84 bits per heavy atom. The average Bonchev–Trinajstić information content (AvgIpc) is 3.05. The predicted molar refractivity (Wildman–Crippen MR) is 93.5 cm³/mol. The molecular formula is C17H16N6O2. The highest BCUT2D eigenvalue weighted by atomic mass is 16.1. The Bertz CT molecular complexity index is 1190. The molecule has 0 aliphatic carbocycles. The third kappa shape index (κ3) is 2.61. The highest BCUT2D eigenvalue weighted by Gasteiger charge is 2.10. The number of aromatic nitrogens is 6. The van der Waals surface area contributed by atoms with Gasteiger partial charge in [0.2, 0.25) is 0 Å². The standard InChI is InChI=1S/C17H16N6O2/c1-2-23-15-12(9-19-23)17(25)22(10-18-15)8-7-14-20-13-6-4-3-5-11(13)16(24)21-14/h3-6,9-10H,2,7-8H2,1H3,(H,20,21,24). The molecule has 3 aromatic heterocycles. The summed E-state index contributed by atoms with van der Waals surface area (Å²) in [6.45, 7) is 2.98. The van der Waals surface area contributed by atoms with E-state index in [9.17, 15) is 9.59 Å². The molecule has 0 spiro atoms. The summed E-state index contributed by atoms with van der Waals surface area (Å²) in [7, 11) is 0. The number of nitrogens with one attached hydrogen (secondary N) is 1. The van der Waals surface area contributed by atoms with Gasteiger partial charge in [0.25, 0.3) is 11.1 Å². The van der Waals surface area contributed by atoms with Gasteiger partial charge in [-0.1, -0.05) is 12.1 Å². The van der Waals surface area contributed by atoms with Gasteiger partial charge in [-0.15, -0.1) is 0 Å². The molecule has 1 aromatic carbocycles. The first-order valence-electron chi connectivity index (χ1n) is 8.06. The van der Waals surface area contributed by atoms with Crippen LogP contribution >= 0.6 is 0 Å². The zero-order valence-corrected chi connectivity index (χ0v) is 13.6. The summed E-state index contributed by atoms with van der Waals surface area (Å²) >= 11 is 0. The lowest BCUT2D eigenvalue weighted by Gasteiger charge is -2.06. The van der Waals surface area contributed by atoms with E-state index in [-0.39, 0.29) is 11.1 Å². The van der Waals surface area contributed by atoms with Crippen molar-refractivity contribution in [3.63, 3.8) is 0 Å². The molecule has 0 unspecified atom stereocenters. The first-order chi connectivity index (χ1) is 12.2. The third-order valence-electron chi connectivity index (χ3n) is 4.17. The minimum atomic E-state index is -0.175. The number of aromatic amines is 1. The summed E-state index contributed by atoms with van der Waals surface area (Å²) in [5.41, 5.74) is 0.908. The number of benzene rings is 1. The average molecular weight is 336 g/mol. The molecule has 0 atom stereocenters. The number of nitrogens with zero attached hydrogens (tertiary/aromatic N) is 5. The van der Waals surface area contributed by atoms with Gasteiger partial charge in [-0.25, -0.2) is 14.6 Å². The number of aryl methyl sites for hydroxylation is 3. The minimum Gasteiger partial charge on any atom is -0.310 e. The number of hydrogen-bond acceptors (Lipinski definition) is 5. The first kappa shape index (κ1) is 15.3. The quantitative estimate of drug-likeness (QED) is 0.601. The fourth-order valence-corrected chi connectivity index (χ4v) is 2.87. The minimum absolute atomic E-state index is 0.146. The molecule has 0 saturated carbocycles. The second kappa shape index (κ2) is 5.97. The van der Waals surface area contributed by atoms with Crippen LogP contribution in [0.15, 0.2) is 46.4 Å². The molecule has 8 heteroatoms. The van der Waals surface area contributed by atoms with E-state index in [0.717, 1.165) is 0 Å². The molecular weight excluding hydrogens is 320 g/mol. The number of para-hydroxylation sites is 1. The molecule has 0 fully saturated rings. The van der Waals surface area contributed by atoms with E-state index in [1.54, 1.807) is 29.1 Å². The van der Waals surface area contributed by atoms with E-state index >= 15 is 0 Å². The zero-order chi connectivity index (χ0) is 17.4. The molecule has 8 nitrogen and oxygen atoms in total. The van der Waals surface area contributed by atoms with E-state index in [1.165, 1.54) is 10.9 Å². The van der Waals surface area contributed by atoms with Crippen LogP contribution in [0.4, 0.5) is 0 Å². The van der Waals surface area contributed by atoms with Gasteiger partial charge in [-0.2, -0.15) is 5.10 Å². The third-order valence-corrected chi connectivity index (χ3v) is 4.17. The Morgan fingerprint density at radius 2 is 2.00 bits per heavy atom. The molecule has 0 saturated heterocycles. The Hall–Kier alpha value is -3.29. The Morgan fingerprint density at radius 1 is 1.16 bits per heavy atom. The molecule has 1 N–H and O–H groups in total. The van der Waals surface area contributed by atoms with Gasteiger partial charge in [-0.05, 0) is 19.1 Å². The number of H-pyrrole nitrogens is 1. The maximum absolute atomic E-state index is 12.5. The monoisotopic (exact) mass is 336 g/mol. The molecule has 3 heterocycles. The van der Waals surface area contributed by atoms with Crippen LogP contribution in [-0.4, -0.2) is 29.3 Å². The molecule has 126 valence electrons. The Kier molecular flexibility index (Phi) is 3.64. The van der Waals surface area contributed by atoms with Gasteiger partial charge in [0.1, 0.15) is 11.2 Å². The lowest BCUT2D eigenvalue weighted by Crippen LogP contribution is -2.23. The maximum Gasteiger partial charge on any atom is 0.264 e. The fourth-order valence-electron chi connectivity index (χ4n) is 2.87. The van der Waals surface area contributed by atoms with Crippen molar-refractivity contribution in [2.45, 2.75) is 26.4 Å². The first-order valence-corrected chi connectivity index (χ1v) is 8.06. The van der Waals surface area contributed by atoms with Gasteiger partial charge in [0.05, 0.1) is 23.4 Å². The van der Waals surface area contributed by atoms with Crippen molar-refractivity contribution < 1.29 is 0 Å². The smallest absolute Gasteiger partial charge is 0.264 e. The number of hydrogen-bond donors (Lipinski definition) is 1. The maximum atomic E-state index is 12.5. The largest absolute Gasteiger partial charge is 0.310 e. The SMILES string of the molecule is CCn1ncc2c(=O)n(CCc3nc4ccccc4c(=O)[nH]3)cnc21. The highest BCUT2D eigenvalue weighted by molar-refractivity contribution is 5.77. The van der Waals surface area contributed by atoms with Crippen LogP contribution in [0.25, 0.3) is 21.9 Å². The molecule has 0 aliphatic rings. The van der Waals surface area contributed by atoms with Crippen molar-refractivity contribution in [3.05, 3.63) is 63.3 Å². The molecule has 4 aromatic rings. The van der Waals surface area contributed by atoms with Gasteiger partial charge in [0, 0.05) is 19.5 Å². The van der Waals surface area contributed by atoms with Crippen LogP contribution < -0.4 is 11.1 Å². The van der Waals surface area contributed by atoms with Crippen LogP contribution in [-0.2, 0) is 19.5 Å². The van der Waals surface area contributed by atoms with Crippen molar-refractivity contribution in [1.82, 2.24) is 29.3 Å². The molecule has 0 bridgehead atoms. The van der Waals surface area contributed by atoms with Crippen LogP contribution in [0.2, 0.25) is 0 Å². The van der Waals surface area contributed by atoms with Crippen molar-refractivity contribution in [2.24, 2.45) is 0 Å². The van der Waals surface area contributed by atoms with Gasteiger partial charge in [-0.3, -0.25) is 14.2 Å². The van der Waals surface area contributed by atoms with Crippen LogP contribution in [0.1, 0.15) is 12.7 Å². The predicted octanol–water partition coefficient (Wildman–Crippen LogP) is 1.09. The number of fused-ring (bicyclic) bond motifs is 2. The van der Waals surface area contributed by atoms with E-state index in [2.05, 4.69) is 20.1 Å². The normalized spacial score (nSPS) is 11.4. The van der Waals surface area contributed by atoms with Crippen LogP contribution in [0, 0.1) is 0 Å². The van der Waals surface area contributed by atoms with E-state index < -0.39 is 0 Å². The van der Waals surface area contributed by atoms with E-state index in [0.29, 0.717) is 47.3 Å². The Balaban J connectivity index is 1.65. The summed E-state index contributed by atoms with van der Waals surface area (Å²) in [5, 5.41) is 5.21. The summed E-state index contributed by atoms with van der Waals surface area (Å²) in [6, 6.07) is 7.17. The molecule has 0 radical (unpaired) electrons. The highest BCUT2D eigenvalue weighted by Crippen LogP contribution is 2.07. The van der Waals surface area contributed by atoms with Crippen molar-refractivity contribution in [2.75, 3.05) is 0 Å². The fraction of sp³-hybridized carbons (Fsp3) is 0.235. The summed E-state index contributed by atoms with van der Waals surface area (Å²) in [4.78, 5) is 36.2. The second-order valence-electron chi connectivity index (χ2n) is 5.72. The second-order valence-corrected chi connectivity index (χ2v) is 5.72. The van der Waals surface area contributed by atoms with Gasteiger partial charge < -0.3 is 4.98 Å². The molecule has 0 amide bonds. The van der Waals surface area contributed by atoms with Crippen LogP contribution in [0.3, 0.4) is 0 Å². The van der Waals surface area contributed by atoms with Crippen molar-refractivity contribution >= 4 is 21.9 Å². The van der Waals surface area contributed by atoms with Gasteiger partial charge >= 0.3 is 0 Å². The van der Waals surface area contributed by atoms with Crippen molar-refractivity contribution in [1.29, 1.82) is 0 Å². The van der Waals surface area contributed by atoms with Gasteiger partial charge in [0.15, 0.2) is 5.65 Å². The molecule has 0 aliphatic heterocycles. The Labute approximate surface area is 141 Å². The lowest BCUT2D eigenvalue weighted by molar-refractivity contribution is 0.637. The van der Waals surface area contributed by atoms with Crippen molar-refractivity contribution in [3.8, 4) is 0 Å².